The standard InChI is InChI=1S/C11H15NO5S/c1-16-9-12-11(13)17-7-8-18(14,15)10-5-3-2-4-6-10/h2-6H,7-9H2,1H3,(H,12,13). The Bertz CT molecular complexity index is 471. The van der Waals surface area contributed by atoms with Crippen molar-refractivity contribution in [3.8, 4) is 0 Å². The summed E-state index contributed by atoms with van der Waals surface area (Å²) in [5.74, 6) is -0.253. The highest BCUT2D eigenvalue weighted by Crippen LogP contribution is 2.09. The van der Waals surface area contributed by atoms with E-state index in [9.17, 15) is 13.2 Å². The molecule has 1 aromatic rings. The first-order chi connectivity index (χ1) is 8.56. The van der Waals surface area contributed by atoms with Crippen LogP contribution >= 0.6 is 0 Å². The molecule has 0 heterocycles. The van der Waals surface area contributed by atoms with Gasteiger partial charge in [0.1, 0.15) is 13.3 Å². The number of sulfone groups is 1. The highest BCUT2D eigenvalue weighted by molar-refractivity contribution is 7.91. The number of amides is 1. The number of benzene rings is 1. The van der Waals surface area contributed by atoms with E-state index in [0.29, 0.717) is 0 Å². The molecule has 7 heteroatoms. The van der Waals surface area contributed by atoms with Crippen molar-refractivity contribution in [2.24, 2.45) is 0 Å². The topological polar surface area (TPSA) is 81.7 Å². The van der Waals surface area contributed by atoms with E-state index >= 15 is 0 Å². The molecule has 1 aromatic carbocycles. The number of hydrogen-bond donors (Lipinski definition) is 1. The Balaban J connectivity index is 2.42. The number of rotatable bonds is 6. The molecule has 1 amide bonds. The van der Waals surface area contributed by atoms with Gasteiger partial charge in [-0.05, 0) is 12.1 Å². The molecule has 0 bridgehead atoms. The van der Waals surface area contributed by atoms with Crippen LogP contribution in [0.1, 0.15) is 0 Å². The summed E-state index contributed by atoms with van der Waals surface area (Å²) in [6.07, 6.45) is -0.708. The van der Waals surface area contributed by atoms with Crippen molar-refractivity contribution in [3.63, 3.8) is 0 Å². The Hall–Kier alpha value is -1.60. The smallest absolute Gasteiger partial charge is 0.408 e. The zero-order chi connectivity index (χ0) is 13.4. The summed E-state index contributed by atoms with van der Waals surface area (Å²) in [6.45, 7) is -0.183. The van der Waals surface area contributed by atoms with Crippen LogP contribution in [0.2, 0.25) is 0 Å². The second kappa shape index (κ2) is 6.97. The first-order valence-corrected chi connectivity index (χ1v) is 6.89. The Kier molecular flexibility index (Phi) is 5.60. The largest absolute Gasteiger partial charge is 0.448 e. The molecular weight excluding hydrogens is 258 g/mol. The van der Waals surface area contributed by atoms with Gasteiger partial charge in [-0.3, -0.25) is 5.32 Å². The van der Waals surface area contributed by atoms with Crippen LogP contribution in [0.25, 0.3) is 0 Å². The summed E-state index contributed by atoms with van der Waals surface area (Å²) < 4.78 is 32.9. The van der Waals surface area contributed by atoms with Crippen molar-refractivity contribution < 1.29 is 22.7 Å². The molecule has 0 spiro atoms. The van der Waals surface area contributed by atoms with E-state index < -0.39 is 15.9 Å². The van der Waals surface area contributed by atoms with Crippen molar-refractivity contribution in [1.29, 1.82) is 0 Å². The molecular formula is C11H15NO5S. The number of ether oxygens (including phenoxy) is 2. The molecule has 0 fully saturated rings. The minimum Gasteiger partial charge on any atom is -0.448 e. The summed E-state index contributed by atoms with van der Waals surface area (Å²) in [5.41, 5.74) is 0. The van der Waals surface area contributed by atoms with Crippen LogP contribution in [-0.4, -0.2) is 40.7 Å². The lowest BCUT2D eigenvalue weighted by molar-refractivity contribution is 0.124. The highest BCUT2D eigenvalue weighted by atomic mass is 32.2. The lowest BCUT2D eigenvalue weighted by Gasteiger charge is -2.07. The average Bonchev–Trinajstić information content (AvgIpc) is 2.37. The van der Waals surface area contributed by atoms with Crippen LogP contribution in [-0.2, 0) is 19.3 Å². The van der Waals surface area contributed by atoms with Gasteiger partial charge in [-0.1, -0.05) is 18.2 Å². The fraction of sp³-hybridized carbons (Fsp3) is 0.364. The molecule has 1 N–H and O–H groups in total. The van der Waals surface area contributed by atoms with E-state index in [1.807, 2.05) is 0 Å². The maximum absolute atomic E-state index is 11.8. The SMILES string of the molecule is COCNC(=O)OCCS(=O)(=O)c1ccccc1. The Morgan fingerprint density at radius 2 is 1.94 bits per heavy atom. The molecule has 0 aromatic heterocycles. The van der Waals surface area contributed by atoms with Crippen molar-refractivity contribution in [1.82, 2.24) is 5.32 Å². The van der Waals surface area contributed by atoms with E-state index in [1.54, 1.807) is 18.2 Å². The highest BCUT2D eigenvalue weighted by Gasteiger charge is 2.14. The maximum atomic E-state index is 11.8. The number of nitrogens with one attached hydrogen (secondary N) is 1. The first kappa shape index (κ1) is 14.5. The van der Waals surface area contributed by atoms with Crippen LogP contribution < -0.4 is 5.32 Å². The Morgan fingerprint density at radius 1 is 1.28 bits per heavy atom. The average molecular weight is 273 g/mol. The van der Waals surface area contributed by atoms with Crippen LogP contribution in [0.4, 0.5) is 4.79 Å². The minimum atomic E-state index is -3.41. The van der Waals surface area contributed by atoms with Crippen molar-refractivity contribution >= 4 is 15.9 Å². The molecule has 0 saturated carbocycles. The van der Waals surface area contributed by atoms with Gasteiger partial charge in [0.15, 0.2) is 9.84 Å². The van der Waals surface area contributed by atoms with Crippen LogP contribution in [0.15, 0.2) is 35.2 Å². The quantitative estimate of drug-likeness (QED) is 0.775. The Labute approximate surface area is 106 Å². The van der Waals surface area contributed by atoms with Crippen LogP contribution in [0.3, 0.4) is 0 Å². The van der Waals surface area contributed by atoms with Gasteiger partial charge in [0.2, 0.25) is 0 Å². The van der Waals surface area contributed by atoms with Crippen LogP contribution in [0.5, 0.6) is 0 Å². The van der Waals surface area contributed by atoms with Gasteiger partial charge in [0, 0.05) is 7.11 Å². The van der Waals surface area contributed by atoms with Gasteiger partial charge >= 0.3 is 6.09 Å². The number of alkyl carbamates (subject to hydrolysis) is 1. The van der Waals surface area contributed by atoms with E-state index in [1.165, 1.54) is 19.2 Å². The lowest BCUT2D eigenvalue weighted by Crippen LogP contribution is -2.28. The van der Waals surface area contributed by atoms with E-state index in [0.717, 1.165) is 0 Å². The van der Waals surface area contributed by atoms with Crippen molar-refractivity contribution in [2.45, 2.75) is 4.90 Å². The lowest BCUT2D eigenvalue weighted by atomic mass is 10.4. The van der Waals surface area contributed by atoms with E-state index in [4.69, 9.17) is 4.74 Å². The molecule has 0 aliphatic rings. The summed E-state index contributed by atoms with van der Waals surface area (Å²) in [7, 11) is -2.00. The fourth-order valence-electron chi connectivity index (χ4n) is 1.17. The number of carbonyl (C=O) groups is 1. The summed E-state index contributed by atoms with van der Waals surface area (Å²) in [4.78, 5) is 11.2. The minimum absolute atomic E-state index is 0.0181. The zero-order valence-electron chi connectivity index (χ0n) is 9.96. The molecule has 6 nitrogen and oxygen atoms in total. The monoisotopic (exact) mass is 273 g/mol. The molecule has 0 atom stereocenters. The second-order valence-corrected chi connectivity index (χ2v) is 5.49. The predicted octanol–water partition coefficient (Wildman–Crippen LogP) is 0.790. The van der Waals surface area contributed by atoms with Crippen LogP contribution in [0, 0.1) is 0 Å². The molecule has 0 aliphatic heterocycles. The Morgan fingerprint density at radius 3 is 2.56 bits per heavy atom. The predicted molar refractivity (Wildman–Crippen MR) is 64.9 cm³/mol. The van der Waals surface area contributed by atoms with Gasteiger partial charge in [-0.2, -0.15) is 0 Å². The number of hydrogen-bond acceptors (Lipinski definition) is 5. The van der Waals surface area contributed by atoms with Crippen molar-refractivity contribution in [2.75, 3.05) is 26.2 Å². The third-order valence-corrected chi connectivity index (χ3v) is 3.74. The molecule has 0 saturated heterocycles. The first-order valence-electron chi connectivity index (χ1n) is 5.23. The van der Waals surface area contributed by atoms with Gasteiger partial charge < -0.3 is 9.47 Å². The third kappa shape index (κ3) is 4.72. The van der Waals surface area contributed by atoms with Gasteiger partial charge in [0.05, 0.1) is 10.6 Å². The van der Waals surface area contributed by atoms with Crippen molar-refractivity contribution in [3.05, 3.63) is 30.3 Å². The number of methoxy groups -OCH3 is 1. The van der Waals surface area contributed by atoms with Gasteiger partial charge in [0.25, 0.3) is 0 Å². The normalized spacial score (nSPS) is 10.9. The summed E-state index contributed by atoms with van der Waals surface area (Å²) in [6, 6.07) is 8.01. The maximum Gasteiger partial charge on any atom is 0.408 e. The van der Waals surface area contributed by atoms with E-state index in [-0.39, 0.29) is 24.0 Å². The molecule has 0 unspecified atom stereocenters. The molecule has 18 heavy (non-hydrogen) atoms. The molecule has 100 valence electrons. The summed E-state index contributed by atoms with van der Waals surface area (Å²) >= 11 is 0. The summed E-state index contributed by atoms with van der Waals surface area (Å²) in [5, 5.41) is 2.28. The van der Waals surface area contributed by atoms with Gasteiger partial charge in [-0.15, -0.1) is 0 Å². The molecule has 0 radical (unpaired) electrons. The molecule has 0 aliphatic carbocycles. The zero-order valence-corrected chi connectivity index (χ0v) is 10.8. The fourth-order valence-corrected chi connectivity index (χ4v) is 2.28. The molecule has 1 rings (SSSR count). The van der Waals surface area contributed by atoms with Gasteiger partial charge in [-0.25, -0.2) is 13.2 Å². The van der Waals surface area contributed by atoms with E-state index in [2.05, 4.69) is 10.1 Å². The number of carbonyl (C=O) groups excluding carboxylic acids is 1. The third-order valence-electron chi connectivity index (χ3n) is 2.05. The second-order valence-electron chi connectivity index (χ2n) is 3.38.